The lowest BCUT2D eigenvalue weighted by Crippen LogP contribution is -2.37. The van der Waals surface area contributed by atoms with Crippen molar-refractivity contribution in [3.05, 3.63) is 33.8 Å². The minimum absolute atomic E-state index is 0.147. The predicted molar refractivity (Wildman–Crippen MR) is 80.4 cm³/mol. The molecule has 106 valence electrons. The van der Waals surface area contributed by atoms with E-state index in [0.717, 1.165) is 10.9 Å². The lowest BCUT2D eigenvalue weighted by Gasteiger charge is -2.12. The molecule has 2 amide bonds. The van der Waals surface area contributed by atoms with Gasteiger partial charge in [-0.2, -0.15) is 5.10 Å². The first-order chi connectivity index (χ1) is 9.56. The quantitative estimate of drug-likeness (QED) is 0.877. The number of hydrazone groups is 1. The van der Waals surface area contributed by atoms with Gasteiger partial charge in [-0.15, -0.1) is 0 Å². The zero-order valence-electron chi connectivity index (χ0n) is 11.2. The lowest BCUT2D eigenvalue weighted by atomic mass is 10.1. The van der Waals surface area contributed by atoms with Crippen molar-refractivity contribution in [2.24, 2.45) is 5.10 Å². The van der Waals surface area contributed by atoms with E-state index >= 15 is 0 Å². The molecule has 0 spiro atoms. The number of carbonyl (C=O) groups excluding carboxylic acids is 2. The highest BCUT2D eigenvalue weighted by molar-refractivity contribution is 9.10. The summed E-state index contributed by atoms with van der Waals surface area (Å²) in [6, 6.07) is 6.10. The van der Waals surface area contributed by atoms with Gasteiger partial charge in [-0.1, -0.05) is 22.0 Å². The third-order valence-corrected chi connectivity index (χ3v) is 3.65. The smallest absolute Gasteiger partial charge is 0.267 e. The Balaban J connectivity index is 1.85. The van der Waals surface area contributed by atoms with E-state index in [4.69, 9.17) is 0 Å². The molecule has 1 aromatic carbocycles. The Morgan fingerprint density at radius 2 is 2.25 bits per heavy atom. The second kappa shape index (κ2) is 6.65. The summed E-state index contributed by atoms with van der Waals surface area (Å²) in [4.78, 5) is 22.8. The van der Waals surface area contributed by atoms with Crippen molar-refractivity contribution in [3.8, 4) is 0 Å². The third-order valence-electron chi connectivity index (χ3n) is 3.16. The van der Waals surface area contributed by atoms with Gasteiger partial charge in [-0.3, -0.25) is 9.59 Å². The van der Waals surface area contributed by atoms with Gasteiger partial charge >= 0.3 is 0 Å². The Labute approximate surface area is 126 Å². The summed E-state index contributed by atoms with van der Waals surface area (Å²) in [5, 5.41) is 6.59. The first kappa shape index (κ1) is 14.7. The molecule has 1 heterocycles. The van der Waals surface area contributed by atoms with Gasteiger partial charge in [0.1, 0.15) is 5.71 Å². The number of rotatable bonds is 4. The van der Waals surface area contributed by atoms with Gasteiger partial charge in [0, 0.05) is 23.9 Å². The Morgan fingerprint density at radius 3 is 2.95 bits per heavy atom. The van der Waals surface area contributed by atoms with Crippen LogP contribution in [0.4, 0.5) is 0 Å². The van der Waals surface area contributed by atoms with Gasteiger partial charge in [-0.25, -0.2) is 5.43 Å². The second-order valence-corrected chi connectivity index (χ2v) is 5.59. The molecular formula is C14H16BrN3O2. The second-order valence-electron chi connectivity index (χ2n) is 4.67. The fraction of sp³-hybridized carbons (Fsp3) is 0.357. The molecule has 0 saturated carbocycles. The number of nitrogens with zero attached hydrogens (tertiary/aromatic N) is 1. The molecule has 1 aliphatic rings. The SMILES string of the molecule is Cc1ccc(Br)cc1CCNC(=O)C1=NNC(=O)CC1. The number of hydrogen-bond acceptors (Lipinski definition) is 3. The normalized spacial score (nSPS) is 14.5. The number of carbonyl (C=O) groups is 2. The Bertz CT molecular complexity index is 570. The number of halogens is 1. The van der Waals surface area contributed by atoms with Crippen LogP contribution in [0.25, 0.3) is 0 Å². The maximum Gasteiger partial charge on any atom is 0.267 e. The van der Waals surface area contributed by atoms with Crippen LogP contribution in [0.15, 0.2) is 27.8 Å². The van der Waals surface area contributed by atoms with Crippen molar-refractivity contribution in [2.45, 2.75) is 26.2 Å². The van der Waals surface area contributed by atoms with Gasteiger partial charge in [-0.05, 0) is 36.6 Å². The number of hydrogen-bond donors (Lipinski definition) is 2. The van der Waals surface area contributed by atoms with Crippen molar-refractivity contribution in [3.63, 3.8) is 0 Å². The van der Waals surface area contributed by atoms with Crippen molar-refractivity contribution in [2.75, 3.05) is 6.54 Å². The van der Waals surface area contributed by atoms with Crippen molar-refractivity contribution >= 4 is 33.5 Å². The maximum atomic E-state index is 11.8. The zero-order chi connectivity index (χ0) is 14.5. The summed E-state index contributed by atoms with van der Waals surface area (Å²) < 4.78 is 1.03. The summed E-state index contributed by atoms with van der Waals surface area (Å²) in [5.41, 5.74) is 5.10. The Kier molecular flexibility index (Phi) is 4.89. The monoisotopic (exact) mass is 337 g/mol. The Hall–Kier alpha value is -1.69. The van der Waals surface area contributed by atoms with E-state index in [9.17, 15) is 9.59 Å². The van der Waals surface area contributed by atoms with Gasteiger partial charge in [0.15, 0.2) is 0 Å². The van der Waals surface area contributed by atoms with Crippen molar-refractivity contribution < 1.29 is 9.59 Å². The molecule has 1 aliphatic heterocycles. The van der Waals surface area contributed by atoms with Crippen LogP contribution in [0.5, 0.6) is 0 Å². The molecule has 0 radical (unpaired) electrons. The lowest BCUT2D eigenvalue weighted by molar-refractivity contribution is -0.121. The number of amides is 2. The highest BCUT2D eigenvalue weighted by Crippen LogP contribution is 2.16. The van der Waals surface area contributed by atoms with Crippen molar-refractivity contribution in [1.29, 1.82) is 0 Å². The van der Waals surface area contributed by atoms with Crippen LogP contribution in [-0.4, -0.2) is 24.1 Å². The highest BCUT2D eigenvalue weighted by Gasteiger charge is 2.17. The molecular weight excluding hydrogens is 322 g/mol. The molecule has 5 nitrogen and oxygen atoms in total. The molecule has 2 N–H and O–H groups in total. The zero-order valence-corrected chi connectivity index (χ0v) is 12.8. The minimum Gasteiger partial charge on any atom is -0.351 e. The van der Waals surface area contributed by atoms with Crippen molar-refractivity contribution in [1.82, 2.24) is 10.7 Å². The van der Waals surface area contributed by atoms with E-state index in [-0.39, 0.29) is 11.8 Å². The molecule has 6 heteroatoms. The molecule has 0 unspecified atom stereocenters. The van der Waals surface area contributed by atoms with Crippen LogP contribution in [0.2, 0.25) is 0 Å². The van der Waals surface area contributed by atoms with Crippen LogP contribution in [-0.2, 0) is 16.0 Å². The third kappa shape index (κ3) is 3.90. The molecule has 0 aromatic heterocycles. The molecule has 0 fully saturated rings. The topological polar surface area (TPSA) is 70.6 Å². The standard InChI is InChI=1S/C14H16BrN3O2/c1-9-2-3-11(15)8-10(9)6-7-16-14(20)12-4-5-13(19)18-17-12/h2-3,8H,4-7H2,1H3,(H,16,20)(H,18,19). The van der Waals surface area contributed by atoms with Gasteiger partial charge < -0.3 is 5.32 Å². The van der Waals surface area contributed by atoms with Crippen LogP contribution >= 0.6 is 15.9 Å². The summed E-state index contributed by atoms with van der Waals surface area (Å²) in [6.07, 6.45) is 1.47. The Morgan fingerprint density at radius 1 is 1.45 bits per heavy atom. The highest BCUT2D eigenvalue weighted by atomic mass is 79.9. The molecule has 20 heavy (non-hydrogen) atoms. The minimum atomic E-state index is -0.211. The molecule has 0 saturated heterocycles. The van der Waals surface area contributed by atoms with Gasteiger partial charge in [0.05, 0.1) is 0 Å². The van der Waals surface area contributed by atoms with E-state index < -0.39 is 0 Å². The number of aryl methyl sites for hydroxylation is 1. The van der Waals surface area contributed by atoms with E-state index in [1.54, 1.807) is 0 Å². The first-order valence-electron chi connectivity index (χ1n) is 6.45. The number of nitrogens with one attached hydrogen (secondary N) is 2. The summed E-state index contributed by atoms with van der Waals surface area (Å²) >= 11 is 3.44. The fourth-order valence-electron chi connectivity index (χ4n) is 1.96. The fourth-order valence-corrected chi connectivity index (χ4v) is 2.37. The molecule has 1 aromatic rings. The number of benzene rings is 1. The molecule has 0 aliphatic carbocycles. The summed E-state index contributed by atoms with van der Waals surface area (Å²) in [5.74, 6) is -0.357. The van der Waals surface area contributed by atoms with Crippen LogP contribution < -0.4 is 10.7 Å². The van der Waals surface area contributed by atoms with E-state index in [1.807, 2.05) is 19.1 Å². The van der Waals surface area contributed by atoms with Gasteiger partial charge in [0.25, 0.3) is 5.91 Å². The average molecular weight is 338 g/mol. The molecule has 0 bridgehead atoms. The van der Waals surface area contributed by atoms with Crippen LogP contribution in [0.3, 0.4) is 0 Å². The van der Waals surface area contributed by atoms with Crippen LogP contribution in [0, 0.1) is 6.92 Å². The van der Waals surface area contributed by atoms with E-state index in [2.05, 4.69) is 37.8 Å². The molecule has 2 rings (SSSR count). The van der Waals surface area contributed by atoms with Crippen LogP contribution in [0.1, 0.15) is 24.0 Å². The first-order valence-corrected chi connectivity index (χ1v) is 7.24. The largest absolute Gasteiger partial charge is 0.351 e. The molecule has 0 atom stereocenters. The predicted octanol–water partition coefficient (Wildman–Crippen LogP) is 1.68. The maximum absolute atomic E-state index is 11.8. The van der Waals surface area contributed by atoms with E-state index in [1.165, 1.54) is 11.1 Å². The average Bonchev–Trinajstić information content (AvgIpc) is 2.43. The van der Waals surface area contributed by atoms with Gasteiger partial charge in [0.2, 0.25) is 5.91 Å². The summed E-state index contributed by atoms with van der Waals surface area (Å²) in [7, 11) is 0. The summed E-state index contributed by atoms with van der Waals surface area (Å²) in [6.45, 7) is 2.59. The van der Waals surface area contributed by atoms with E-state index in [0.29, 0.717) is 25.1 Å².